The Hall–Kier alpha value is -3.22. The molecule has 0 radical (unpaired) electrons. The number of likely N-dealkylation sites (N-methyl/N-ethyl adjacent to an activating group) is 1. The minimum absolute atomic E-state index is 0.00530. The van der Waals surface area contributed by atoms with Gasteiger partial charge in [0.15, 0.2) is 5.43 Å². The van der Waals surface area contributed by atoms with Crippen molar-refractivity contribution in [3.05, 3.63) is 104 Å². The number of thiophene rings is 1. The second-order valence-electron chi connectivity index (χ2n) is 8.44. The molecule has 3 heterocycles. The second-order valence-corrected chi connectivity index (χ2v) is 9.41. The second kappa shape index (κ2) is 8.04. The standard InChI is InChI=1S/C26H24N2O3S/c1-16-10-12-17(13-11-16)23-22-24(29)18-7-4-5-8-20(18)31-25(22)26(30)28(23)15-19(27(2)3)21-9-6-14-32-21/h4-14,19,23H,15H2,1-3H3/t19-,23+/m0/s1. The van der Waals surface area contributed by atoms with Crippen molar-refractivity contribution >= 4 is 28.2 Å². The van der Waals surface area contributed by atoms with E-state index >= 15 is 0 Å². The van der Waals surface area contributed by atoms with Gasteiger partial charge in [-0.2, -0.15) is 0 Å². The summed E-state index contributed by atoms with van der Waals surface area (Å²) >= 11 is 1.67. The third kappa shape index (κ3) is 3.36. The van der Waals surface area contributed by atoms with E-state index in [1.54, 1.807) is 28.4 Å². The number of benzene rings is 2. The van der Waals surface area contributed by atoms with E-state index < -0.39 is 6.04 Å². The Labute approximate surface area is 190 Å². The Morgan fingerprint density at radius 3 is 2.47 bits per heavy atom. The molecule has 0 spiro atoms. The van der Waals surface area contributed by atoms with Crippen LogP contribution < -0.4 is 5.43 Å². The zero-order chi connectivity index (χ0) is 22.4. The molecule has 1 aliphatic heterocycles. The topological polar surface area (TPSA) is 53.8 Å². The lowest BCUT2D eigenvalue weighted by atomic mass is 9.97. The molecule has 0 fully saturated rings. The van der Waals surface area contributed by atoms with Gasteiger partial charge in [0.1, 0.15) is 5.58 Å². The molecular formula is C26H24N2O3S. The fourth-order valence-corrected chi connectivity index (χ4v) is 5.34. The number of hydrogen-bond donors (Lipinski definition) is 0. The van der Waals surface area contributed by atoms with Crippen LogP contribution in [0.15, 0.2) is 75.3 Å². The predicted octanol–water partition coefficient (Wildman–Crippen LogP) is 5.01. The maximum Gasteiger partial charge on any atom is 0.290 e. The number of carbonyl (C=O) groups is 1. The minimum Gasteiger partial charge on any atom is -0.450 e. The summed E-state index contributed by atoms with van der Waals surface area (Å²) in [7, 11) is 4.02. The largest absolute Gasteiger partial charge is 0.450 e. The molecule has 0 unspecified atom stereocenters. The van der Waals surface area contributed by atoms with E-state index in [1.165, 1.54) is 4.88 Å². The molecule has 0 N–H and O–H groups in total. The first-order valence-electron chi connectivity index (χ1n) is 10.6. The van der Waals surface area contributed by atoms with Crippen LogP contribution in [0.4, 0.5) is 0 Å². The van der Waals surface area contributed by atoms with Crippen LogP contribution in [0.1, 0.15) is 44.2 Å². The van der Waals surface area contributed by atoms with E-state index in [4.69, 9.17) is 4.42 Å². The van der Waals surface area contributed by atoms with Crippen LogP contribution in [0.3, 0.4) is 0 Å². The molecule has 2 aromatic heterocycles. The van der Waals surface area contributed by atoms with Crippen molar-refractivity contribution < 1.29 is 9.21 Å². The van der Waals surface area contributed by atoms with Crippen molar-refractivity contribution in [1.82, 2.24) is 9.80 Å². The molecule has 6 heteroatoms. The fourth-order valence-electron chi connectivity index (χ4n) is 4.43. The lowest BCUT2D eigenvalue weighted by Gasteiger charge is -2.32. The molecule has 1 amide bonds. The lowest BCUT2D eigenvalue weighted by molar-refractivity contribution is 0.0677. The van der Waals surface area contributed by atoms with Gasteiger partial charge in [-0.1, -0.05) is 48.0 Å². The van der Waals surface area contributed by atoms with Crippen LogP contribution in [0.5, 0.6) is 0 Å². The van der Waals surface area contributed by atoms with Crippen LogP contribution in [0.25, 0.3) is 11.0 Å². The molecule has 32 heavy (non-hydrogen) atoms. The van der Waals surface area contributed by atoms with Crippen molar-refractivity contribution in [2.24, 2.45) is 0 Å². The number of amides is 1. The summed E-state index contributed by atoms with van der Waals surface area (Å²) in [6.07, 6.45) is 0. The zero-order valence-corrected chi connectivity index (χ0v) is 19.1. The van der Waals surface area contributed by atoms with E-state index in [1.807, 2.05) is 68.9 Å². The average molecular weight is 445 g/mol. The summed E-state index contributed by atoms with van der Waals surface area (Å²) in [6.45, 7) is 2.47. The van der Waals surface area contributed by atoms with E-state index in [-0.39, 0.29) is 23.1 Å². The molecule has 0 saturated carbocycles. The van der Waals surface area contributed by atoms with Gasteiger partial charge in [0, 0.05) is 11.4 Å². The highest BCUT2D eigenvalue weighted by Gasteiger charge is 2.43. The third-order valence-electron chi connectivity index (χ3n) is 6.13. The summed E-state index contributed by atoms with van der Waals surface area (Å²) in [4.78, 5) is 32.3. The zero-order valence-electron chi connectivity index (χ0n) is 18.2. The molecule has 2 atom stereocenters. The van der Waals surface area contributed by atoms with Gasteiger partial charge >= 0.3 is 0 Å². The Morgan fingerprint density at radius 1 is 1.03 bits per heavy atom. The van der Waals surface area contributed by atoms with Crippen molar-refractivity contribution in [3.8, 4) is 0 Å². The SMILES string of the molecule is Cc1ccc([C@@H]2c3c(oc4ccccc4c3=O)C(=O)N2C[C@@H](c2cccs2)N(C)C)cc1. The number of hydrogen-bond acceptors (Lipinski definition) is 5. The summed E-state index contributed by atoms with van der Waals surface area (Å²) in [5.74, 6) is -0.0835. The Balaban J connectivity index is 1.69. The van der Waals surface area contributed by atoms with Crippen LogP contribution >= 0.6 is 11.3 Å². The van der Waals surface area contributed by atoms with Crippen LogP contribution in [-0.2, 0) is 0 Å². The van der Waals surface area contributed by atoms with Crippen molar-refractivity contribution in [2.45, 2.75) is 19.0 Å². The first-order valence-corrected chi connectivity index (χ1v) is 11.5. The highest BCUT2D eigenvalue weighted by atomic mass is 32.1. The first-order chi connectivity index (χ1) is 15.5. The Kier molecular flexibility index (Phi) is 5.19. The minimum atomic E-state index is -0.485. The summed E-state index contributed by atoms with van der Waals surface area (Å²) in [5.41, 5.74) is 2.77. The van der Waals surface area contributed by atoms with Crippen LogP contribution in [-0.4, -0.2) is 36.3 Å². The first kappa shape index (κ1) is 20.7. The molecule has 162 valence electrons. The summed E-state index contributed by atoms with van der Waals surface area (Å²) in [5, 5.41) is 2.54. The van der Waals surface area contributed by atoms with Gasteiger partial charge in [0.25, 0.3) is 5.91 Å². The number of nitrogens with zero attached hydrogens (tertiary/aromatic N) is 2. The van der Waals surface area contributed by atoms with Gasteiger partial charge in [0.2, 0.25) is 5.76 Å². The van der Waals surface area contributed by atoms with Crippen molar-refractivity contribution in [2.75, 3.05) is 20.6 Å². The van der Waals surface area contributed by atoms with Gasteiger partial charge in [-0.3, -0.25) is 9.59 Å². The number of aryl methyl sites for hydroxylation is 1. The molecule has 5 rings (SSSR count). The monoisotopic (exact) mass is 444 g/mol. The molecule has 2 aromatic carbocycles. The average Bonchev–Trinajstić information content (AvgIpc) is 3.40. The van der Waals surface area contributed by atoms with Gasteiger partial charge in [-0.15, -0.1) is 11.3 Å². The summed E-state index contributed by atoms with van der Waals surface area (Å²) < 4.78 is 6.03. The van der Waals surface area contributed by atoms with Crippen molar-refractivity contribution in [3.63, 3.8) is 0 Å². The van der Waals surface area contributed by atoms with E-state index in [0.717, 1.165) is 11.1 Å². The quantitative estimate of drug-likeness (QED) is 0.434. The highest BCUT2D eigenvalue weighted by molar-refractivity contribution is 7.10. The molecule has 0 bridgehead atoms. The van der Waals surface area contributed by atoms with Crippen LogP contribution in [0.2, 0.25) is 0 Å². The number of para-hydroxylation sites is 1. The Morgan fingerprint density at radius 2 is 1.78 bits per heavy atom. The predicted molar refractivity (Wildman–Crippen MR) is 127 cm³/mol. The smallest absolute Gasteiger partial charge is 0.290 e. The molecule has 0 saturated heterocycles. The normalized spacial score (nSPS) is 16.7. The fraction of sp³-hybridized carbons (Fsp3) is 0.231. The van der Waals surface area contributed by atoms with Crippen molar-refractivity contribution in [1.29, 1.82) is 0 Å². The van der Waals surface area contributed by atoms with E-state index in [0.29, 0.717) is 23.1 Å². The maximum atomic E-state index is 13.6. The van der Waals surface area contributed by atoms with Gasteiger partial charge in [-0.25, -0.2) is 0 Å². The number of rotatable bonds is 5. The molecule has 5 nitrogen and oxygen atoms in total. The van der Waals surface area contributed by atoms with Crippen LogP contribution in [0, 0.1) is 6.92 Å². The molecule has 0 aliphatic carbocycles. The third-order valence-corrected chi connectivity index (χ3v) is 7.10. The molecular weight excluding hydrogens is 420 g/mol. The highest BCUT2D eigenvalue weighted by Crippen LogP contribution is 2.40. The lowest BCUT2D eigenvalue weighted by Crippen LogP contribution is -2.37. The van der Waals surface area contributed by atoms with Gasteiger partial charge < -0.3 is 14.2 Å². The molecule has 4 aromatic rings. The van der Waals surface area contributed by atoms with E-state index in [2.05, 4.69) is 11.0 Å². The molecule has 1 aliphatic rings. The number of fused-ring (bicyclic) bond motifs is 2. The maximum absolute atomic E-state index is 13.6. The number of carbonyl (C=O) groups excluding carboxylic acids is 1. The summed E-state index contributed by atoms with van der Waals surface area (Å²) in [6, 6.07) is 18.8. The van der Waals surface area contributed by atoms with Gasteiger partial charge in [-0.05, 0) is 50.2 Å². The van der Waals surface area contributed by atoms with E-state index in [9.17, 15) is 9.59 Å². The Bertz CT molecular complexity index is 1340. The van der Waals surface area contributed by atoms with Gasteiger partial charge in [0.05, 0.1) is 23.0 Å².